The largest absolute Gasteiger partial charge is 0.342 e. The Morgan fingerprint density at radius 2 is 1.66 bits per heavy atom. The summed E-state index contributed by atoms with van der Waals surface area (Å²) < 4.78 is 2.39. The van der Waals surface area contributed by atoms with Crippen molar-refractivity contribution < 1.29 is 4.90 Å². The molecule has 1 atom stereocenters. The first-order valence-corrected chi connectivity index (χ1v) is 10.8. The molecule has 148 valence electrons. The third kappa shape index (κ3) is 5.16. The molecule has 0 amide bonds. The Morgan fingerprint density at radius 3 is 2.45 bits per heavy atom. The smallest absolute Gasteiger partial charge is 0.118 e. The molecule has 4 rings (SSSR count). The number of quaternary nitrogens is 1. The Kier molecular flexibility index (Phi) is 6.44. The first-order chi connectivity index (χ1) is 14.3. The monoisotopic (exact) mass is 384 g/mol. The lowest BCUT2D eigenvalue weighted by Crippen LogP contribution is -3.13. The fourth-order valence-corrected chi connectivity index (χ4v) is 4.65. The summed E-state index contributed by atoms with van der Waals surface area (Å²) in [6.45, 7) is 2.93. The summed E-state index contributed by atoms with van der Waals surface area (Å²) in [5, 5.41) is 9.27. The van der Waals surface area contributed by atoms with Gasteiger partial charge in [-0.05, 0) is 55.5 Å². The van der Waals surface area contributed by atoms with Crippen LogP contribution < -0.4 is 4.90 Å². The topological polar surface area (TPSA) is 33.2 Å². The third-order valence-electron chi connectivity index (χ3n) is 6.20. The number of rotatable bonds is 7. The lowest BCUT2D eigenvalue weighted by atomic mass is 9.93. The maximum atomic E-state index is 9.27. The van der Waals surface area contributed by atoms with Crippen LogP contribution in [0.25, 0.3) is 0 Å². The van der Waals surface area contributed by atoms with Gasteiger partial charge >= 0.3 is 0 Å². The van der Waals surface area contributed by atoms with E-state index in [1.165, 1.54) is 48.9 Å². The first-order valence-electron chi connectivity index (χ1n) is 10.8. The van der Waals surface area contributed by atoms with Gasteiger partial charge in [0, 0.05) is 18.3 Å². The Morgan fingerprint density at radius 1 is 0.862 bits per heavy atom. The van der Waals surface area contributed by atoms with E-state index in [2.05, 4.69) is 71.4 Å². The van der Waals surface area contributed by atoms with E-state index < -0.39 is 0 Å². The highest BCUT2D eigenvalue weighted by molar-refractivity contribution is 5.32. The predicted octanol–water partition coefficient (Wildman–Crippen LogP) is 4.33. The van der Waals surface area contributed by atoms with Crippen LogP contribution in [-0.4, -0.2) is 10.6 Å². The quantitative estimate of drug-likeness (QED) is 0.646. The van der Waals surface area contributed by atoms with Crippen LogP contribution in [0.15, 0.2) is 72.9 Å². The Bertz CT molecular complexity index is 945. The van der Waals surface area contributed by atoms with Crippen molar-refractivity contribution in [2.75, 3.05) is 0 Å². The van der Waals surface area contributed by atoms with Gasteiger partial charge in [-0.15, -0.1) is 0 Å². The van der Waals surface area contributed by atoms with Crippen molar-refractivity contribution in [1.29, 1.82) is 5.26 Å². The number of nitrogens with one attached hydrogen (secondary N) is 1. The SMILES string of the molecule is N#Cc1cccc(C[NH+](Cc2cccn2Cc2ccccc2)C2CCCCC2)c1. The zero-order chi connectivity index (χ0) is 19.9. The molecule has 1 saturated carbocycles. The molecule has 0 aliphatic heterocycles. The summed E-state index contributed by atoms with van der Waals surface area (Å²) in [5.41, 5.74) is 4.76. The van der Waals surface area contributed by atoms with E-state index >= 15 is 0 Å². The minimum atomic E-state index is 0.703. The maximum Gasteiger partial charge on any atom is 0.118 e. The lowest BCUT2D eigenvalue weighted by molar-refractivity contribution is -0.953. The molecular weight excluding hydrogens is 354 g/mol. The first kappa shape index (κ1) is 19.5. The molecule has 0 saturated heterocycles. The van der Waals surface area contributed by atoms with E-state index in [9.17, 15) is 5.26 Å². The molecule has 3 heteroatoms. The summed E-state index contributed by atoms with van der Waals surface area (Å²) >= 11 is 0. The van der Waals surface area contributed by atoms with Crippen molar-refractivity contribution in [1.82, 2.24) is 4.57 Å². The average Bonchev–Trinajstić information content (AvgIpc) is 3.21. The Balaban J connectivity index is 1.54. The van der Waals surface area contributed by atoms with Crippen molar-refractivity contribution >= 4 is 0 Å². The number of nitrogens with zero attached hydrogens (tertiary/aromatic N) is 2. The zero-order valence-corrected chi connectivity index (χ0v) is 17.1. The second-order valence-corrected chi connectivity index (χ2v) is 8.27. The van der Waals surface area contributed by atoms with Crippen LogP contribution in [0.1, 0.15) is 54.5 Å². The molecule has 0 bridgehead atoms. The van der Waals surface area contributed by atoms with Crippen molar-refractivity contribution in [2.24, 2.45) is 0 Å². The van der Waals surface area contributed by atoms with Crippen LogP contribution in [0, 0.1) is 11.3 Å². The number of aromatic nitrogens is 1. The van der Waals surface area contributed by atoms with Gasteiger partial charge < -0.3 is 9.47 Å². The van der Waals surface area contributed by atoms with Crippen molar-refractivity contribution in [3.05, 3.63) is 95.3 Å². The normalized spacial score (nSPS) is 15.7. The molecule has 1 aliphatic rings. The number of benzene rings is 2. The van der Waals surface area contributed by atoms with Crippen LogP contribution >= 0.6 is 0 Å². The molecule has 29 heavy (non-hydrogen) atoms. The standard InChI is InChI=1S/C26H29N3/c27-18-23-11-7-12-24(17-23)20-29(25-13-5-2-6-14-25)21-26-15-8-16-28(26)19-22-9-3-1-4-10-22/h1,3-4,7-12,15-17,25H,2,5-6,13-14,19-21H2/p+1. The molecule has 0 radical (unpaired) electrons. The summed E-state index contributed by atoms with van der Waals surface area (Å²) in [6, 6.07) is 26.3. The summed E-state index contributed by atoms with van der Waals surface area (Å²) in [7, 11) is 0. The van der Waals surface area contributed by atoms with Crippen molar-refractivity contribution in [3.63, 3.8) is 0 Å². The van der Waals surface area contributed by atoms with Crippen LogP contribution in [0.4, 0.5) is 0 Å². The number of hydrogen-bond donors (Lipinski definition) is 1. The molecule has 3 aromatic rings. The highest BCUT2D eigenvalue weighted by Gasteiger charge is 2.26. The van der Waals surface area contributed by atoms with E-state index in [-0.39, 0.29) is 0 Å². The average molecular weight is 385 g/mol. The highest BCUT2D eigenvalue weighted by atomic mass is 15.2. The minimum Gasteiger partial charge on any atom is -0.342 e. The van der Waals surface area contributed by atoms with Crippen LogP contribution in [0.2, 0.25) is 0 Å². The molecule has 1 unspecified atom stereocenters. The fraction of sp³-hybridized carbons (Fsp3) is 0.346. The third-order valence-corrected chi connectivity index (χ3v) is 6.20. The highest BCUT2D eigenvalue weighted by Crippen LogP contribution is 2.17. The Hall–Kier alpha value is -2.83. The number of nitriles is 1. The molecular formula is C26H30N3+. The van der Waals surface area contributed by atoms with E-state index in [1.54, 1.807) is 4.90 Å². The minimum absolute atomic E-state index is 0.703. The van der Waals surface area contributed by atoms with E-state index in [0.717, 1.165) is 25.2 Å². The van der Waals surface area contributed by atoms with Gasteiger partial charge in [0.05, 0.1) is 23.4 Å². The fourth-order valence-electron chi connectivity index (χ4n) is 4.65. The van der Waals surface area contributed by atoms with E-state index in [1.807, 2.05) is 12.1 Å². The summed E-state index contributed by atoms with van der Waals surface area (Å²) in [4.78, 5) is 1.63. The second-order valence-electron chi connectivity index (χ2n) is 8.27. The van der Waals surface area contributed by atoms with E-state index in [0.29, 0.717) is 6.04 Å². The lowest BCUT2D eigenvalue weighted by Gasteiger charge is -2.32. The van der Waals surface area contributed by atoms with Gasteiger partial charge in [0.25, 0.3) is 0 Å². The molecule has 1 fully saturated rings. The van der Waals surface area contributed by atoms with Gasteiger partial charge in [-0.3, -0.25) is 0 Å². The van der Waals surface area contributed by atoms with Gasteiger partial charge in [-0.1, -0.05) is 48.9 Å². The molecule has 1 heterocycles. The van der Waals surface area contributed by atoms with Crippen molar-refractivity contribution in [3.8, 4) is 6.07 Å². The van der Waals surface area contributed by atoms with Crippen LogP contribution in [0.5, 0.6) is 0 Å². The summed E-state index contributed by atoms with van der Waals surface area (Å²) in [6.07, 6.45) is 8.89. The molecule has 1 aromatic heterocycles. The van der Waals surface area contributed by atoms with Gasteiger partial charge in [0.2, 0.25) is 0 Å². The zero-order valence-electron chi connectivity index (χ0n) is 17.1. The summed E-state index contributed by atoms with van der Waals surface area (Å²) in [5.74, 6) is 0. The van der Waals surface area contributed by atoms with Crippen LogP contribution in [0.3, 0.4) is 0 Å². The molecule has 1 aliphatic carbocycles. The second kappa shape index (κ2) is 9.58. The van der Waals surface area contributed by atoms with Gasteiger partial charge in [0.15, 0.2) is 0 Å². The predicted molar refractivity (Wildman–Crippen MR) is 116 cm³/mol. The molecule has 1 N–H and O–H groups in total. The van der Waals surface area contributed by atoms with Gasteiger partial charge in [0.1, 0.15) is 13.1 Å². The number of hydrogen-bond acceptors (Lipinski definition) is 1. The molecule has 0 spiro atoms. The van der Waals surface area contributed by atoms with E-state index in [4.69, 9.17) is 0 Å². The maximum absolute atomic E-state index is 9.27. The molecule has 3 nitrogen and oxygen atoms in total. The Labute approximate surface area is 174 Å². The van der Waals surface area contributed by atoms with Crippen molar-refractivity contribution in [2.45, 2.75) is 57.8 Å². The van der Waals surface area contributed by atoms with Gasteiger partial charge in [-0.2, -0.15) is 5.26 Å². The van der Waals surface area contributed by atoms with Crippen LogP contribution in [-0.2, 0) is 19.6 Å². The molecule has 2 aromatic carbocycles. The van der Waals surface area contributed by atoms with Gasteiger partial charge in [-0.25, -0.2) is 0 Å².